The van der Waals surface area contributed by atoms with Crippen LogP contribution in [0.3, 0.4) is 0 Å². The summed E-state index contributed by atoms with van der Waals surface area (Å²) >= 11 is 4.32. The third kappa shape index (κ3) is 6.64. The number of rotatable bonds is 4. The Morgan fingerprint density at radius 1 is 1.40 bits per heavy atom. The normalized spacial score (nSPS) is 15.3. The minimum Gasteiger partial charge on any atom is -0.406 e. The molecule has 0 spiro atoms. The van der Waals surface area contributed by atoms with Crippen LogP contribution >= 0.6 is 12.6 Å². The Balaban J connectivity index is 3.47. The molecule has 0 rings (SSSR count). The highest BCUT2D eigenvalue weighted by molar-refractivity contribution is 7.80. The van der Waals surface area contributed by atoms with Gasteiger partial charge in [0.1, 0.15) is 0 Å². The molecule has 0 radical (unpaired) electrons. The van der Waals surface area contributed by atoms with Crippen molar-refractivity contribution < 1.29 is 4.43 Å². The number of hydrogen-bond donors (Lipinski definition) is 1. The molecule has 0 aromatic rings. The van der Waals surface area contributed by atoms with Gasteiger partial charge in [-0.25, -0.2) is 0 Å². The van der Waals surface area contributed by atoms with Crippen LogP contribution in [0.4, 0.5) is 0 Å². The maximum Gasteiger partial charge on any atom is 0.185 e. The zero-order valence-electron chi connectivity index (χ0n) is 7.35. The van der Waals surface area contributed by atoms with Crippen LogP contribution in [0.1, 0.15) is 19.8 Å². The largest absolute Gasteiger partial charge is 0.406 e. The molecular weight excluding hydrogens is 160 g/mol. The van der Waals surface area contributed by atoms with E-state index in [1.54, 1.807) is 0 Å². The predicted octanol–water partition coefficient (Wildman–Crippen LogP) is 2.89. The lowest BCUT2D eigenvalue weighted by Gasteiger charge is -2.22. The smallest absolute Gasteiger partial charge is 0.185 e. The van der Waals surface area contributed by atoms with Crippen molar-refractivity contribution in [3.05, 3.63) is 0 Å². The first-order chi connectivity index (χ1) is 4.45. The predicted molar refractivity (Wildman–Crippen MR) is 52.1 cm³/mol. The van der Waals surface area contributed by atoms with E-state index in [1.165, 1.54) is 0 Å². The van der Waals surface area contributed by atoms with Gasteiger partial charge in [-0.1, -0.05) is 13.3 Å². The minimum atomic E-state index is -1.33. The Morgan fingerprint density at radius 2 is 1.90 bits per heavy atom. The first kappa shape index (κ1) is 10.5. The Hall–Kier alpha value is 0.527. The molecule has 0 saturated heterocycles. The maximum absolute atomic E-state index is 5.68. The van der Waals surface area contributed by atoms with Gasteiger partial charge in [-0.3, -0.25) is 0 Å². The van der Waals surface area contributed by atoms with Crippen molar-refractivity contribution >= 4 is 20.9 Å². The van der Waals surface area contributed by atoms with E-state index >= 15 is 0 Å². The molecule has 0 aliphatic heterocycles. The van der Waals surface area contributed by atoms with Crippen LogP contribution in [0.5, 0.6) is 0 Å². The van der Waals surface area contributed by atoms with Gasteiger partial charge in [0.2, 0.25) is 0 Å². The molecule has 0 aromatic carbocycles. The van der Waals surface area contributed by atoms with E-state index in [4.69, 9.17) is 4.43 Å². The summed E-state index contributed by atoms with van der Waals surface area (Å²) in [6.07, 6.45) is 2.21. The average molecular weight is 178 g/mol. The zero-order valence-corrected chi connectivity index (χ0v) is 9.24. The Bertz CT molecular complexity index is 90.1. The van der Waals surface area contributed by atoms with E-state index < -0.39 is 8.32 Å². The van der Waals surface area contributed by atoms with Crippen LogP contribution in [-0.2, 0) is 4.43 Å². The van der Waals surface area contributed by atoms with Crippen molar-refractivity contribution in [1.29, 1.82) is 0 Å². The van der Waals surface area contributed by atoms with Crippen molar-refractivity contribution in [3.63, 3.8) is 0 Å². The molecule has 10 heavy (non-hydrogen) atoms. The van der Waals surface area contributed by atoms with Crippen LogP contribution in [0.2, 0.25) is 19.6 Å². The van der Waals surface area contributed by atoms with Crippen molar-refractivity contribution in [2.45, 2.75) is 44.8 Å². The second-order valence-electron chi connectivity index (χ2n) is 3.47. The molecule has 1 atom stereocenters. The SMILES string of the molecule is CCCC(S)O[Si](C)(C)C. The van der Waals surface area contributed by atoms with Crippen LogP contribution in [0.25, 0.3) is 0 Å². The van der Waals surface area contributed by atoms with E-state index in [-0.39, 0.29) is 5.44 Å². The quantitative estimate of drug-likeness (QED) is 0.396. The second kappa shape index (κ2) is 4.41. The first-order valence-corrected chi connectivity index (χ1v) is 7.74. The highest BCUT2D eigenvalue weighted by Crippen LogP contribution is 2.13. The van der Waals surface area contributed by atoms with Gasteiger partial charge in [-0.05, 0) is 26.1 Å². The Labute approximate surface area is 70.7 Å². The molecule has 0 amide bonds. The van der Waals surface area contributed by atoms with E-state index in [1.807, 2.05) is 0 Å². The minimum absolute atomic E-state index is 0.164. The van der Waals surface area contributed by atoms with Gasteiger partial charge in [-0.15, -0.1) is 12.6 Å². The third-order valence-corrected chi connectivity index (χ3v) is 2.58. The Kier molecular flexibility index (Phi) is 4.65. The van der Waals surface area contributed by atoms with Crippen LogP contribution in [0, 0.1) is 0 Å². The van der Waals surface area contributed by atoms with Gasteiger partial charge < -0.3 is 4.43 Å². The van der Waals surface area contributed by atoms with Crippen molar-refractivity contribution in [1.82, 2.24) is 0 Å². The Morgan fingerprint density at radius 3 is 2.20 bits per heavy atom. The maximum atomic E-state index is 5.68. The first-order valence-electron chi connectivity index (χ1n) is 3.81. The fourth-order valence-corrected chi connectivity index (χ4v) is 2.85. The van der Waals surface area contributed by atoms with Crippen LogP contribution in [0.15, 0.2) is 0 Å². The van der Waals surface area contributed by atoms with Gasteiger partial charge in [-0.2, -0.15) is 0 Å². The summed E-state index contributed by atoms with van der Waals surface area (Å²) in [6.45, 7) is 8.71. The molecule has 0 aliphatic rings. The summed E-state index contributed by atoms with van der Waals surface area (Å²) < 4.78 is 5.68. The lowest BCUT2D eigenvalue weighted by atomic mass is 10.4. The summed E-state index contributed by atoms with van der Waals surface area (Å²) in [5.74, 6) is 0. The molecule has 62 valence electrons. The van der Waals surface area contributed by atoms with Crippen LogP contribution in [-0.4, -0.2) is 13.8 Å². The molecule has 0 saturated carbocycles. The molecule has 0 fully saturated rings. The fraction of sp³-hybridized carbons (Fsp3) is 1.00. The summed E-state index contributed by atoms with van der Waals surface area (Å²) in [5.41, 5.74) is 0.164. The van der Waals surface area contributed by atoms with Gasteiger partial charge in [0.05, 0.1) is 5.44 Å². The lowest BCUT2D eigenvalue weighted by molar-refractivity contribution is 0.271. The van der Waals surface area contributed by atoms with Gasteiger partial charge in [0, 0.05) is 0 Å². The topological polar surface area (TPSA) is 9.23 Å². The summed E-state index contributed by atoms with van der Waals surface area (Å²) in [7, 11) is -1.33. The van der Waals surface area contributed by atoms with Crippen molar-refractivity contribution in [2.24, 2.45) is 0 Å². The average Bonchev–Trinajstić information content (AvgIpc) is 1.59. The summed E-state index contributed by atoms with van der Waals surface area (Å²) in [6, 6.07) is 0. The monoisotopic (exact) mass is 178 g/mol. The molecule has 0 aromatic heterocycles. The van der Waals surface area contributed by atoms with E-state index in [9.17, 15) is 0 Å². The molecule has 0 heterocycles. The van der Waals surface area contributed by atoms with Crippen molar-refractivity contribution in [3.8, 4) is 0 Å². The third-order valence-electron chi connectivity index (χ3n) is 1.03. The van der Waals surface area contributed by atoms with Crippen LogP contribution < -0.4 is 0 Å². The number of thiol groups is 1. The van der Waals surface area contributed by atoms with Gasteiger partial charge >= 0.3 is 0 Å². The summed E-state index contributed by atoms with van der Waals surface area (Å²) in [5, 5.41) is 0. The second-order valence-corrected chi connectivity index (χ2v) is 8.51. The van der Waals surface area contributed by atoms with Gasteiger partial charge in [0.15, 0.2) is 8.32 Å². The standard InChI is InChI=1S/C7H18OSSi/c1-5-6-7(9)8-10(2,3)4/h7,9H,5-6H2,1-4H3. The zero-order chi connectivity index (χ0) is 8.20. The molecule has 0 aliphatic carbocycles. The molecule has 1 unspecified atom stereocenters. The molecular formula is C7H18OSSi. The van der Waals surface area contributed by atoms with E-state index in [0.717, 1.165) is 12.8 Å². The lowest BCUT2D eigenvalue weighted by Crippen LogP contribution is -2.29. The molecule has 3 heteroatoms. The summed E-state index contributed by atoms with van der Waals surface area (Å²) in [4.78, 5) is 0. The van der Waals surface area contributed by atoms with Gasteiger partial charge in [0.25, 0.3) is 0 Å². The van der Waals surface area contributed by atoms with E-state index in [0.29, 0.717) is 0 Å². The fourth-order valence-electron chi connectivity index (χ4n) is 0.714. The molecule has 0 bridgehead atoms. The highest BCUT2D eigenvalue weighted by Gasteiger charge is 2.17. The van der Waals surface area contributed by atoms with E-state index in [2.05, 4.69) is 39.2 Å². The molecule has 0 N–H and O–H groups in total. The highest BCUT2D eigenvalue weighted by atomic mass is 32.1. The van der Waals surface area contributed by atoms with Crippen molar-refractivity contribution in [2.75, 3.05) is 0 Å². The number of hydrogen-bond acceptors (Lipinski definition) is 2. The molecule has 1 nitrogen and oxygen atoms in total.